The van der Waals surface area contributed by atoms with Crippen molar-refractivity contribution in [1.82, 2.24) is 9.84 Å². The maximum Gasteiger partial charge on any atom is 0.280 e. The Morgan fingerprint density at radius 1 is 1.17 bits per heavy atom. The second-order valence-electron chi connectivity index (χ2n) is 6.15. The largest absolute Gasteiger partial charge is 0.493 e. The molecule has 1 aliphatic rings. The molecule has 154 valence electrons. The predicted molar refractivity (Wildman–Crippen MR) is 103 cm³/mol. The van der Waals surface area contributed by atoms with Crippen LogP contribution < -0.4 is 19.6 Å². The van der Waals surface area contributed by atoms with Crippen LogP contribution in [0.3, 0.4) is 0 Å². The van der Waals surface area contributed by atoms with Gasteiger partial charge < -0.3 is 14.8 Å². The molecular weight excluding hydrogens is 404 g/mol. The monoisotopic (exact) mass is 422 g/mol. The minimum absolute atomic E-state index is 0.00616. The number of ether oxygens (including phenoxy) is 2. The summed E-state index contributed by atoms with van der Waals surface area (Å²) in [6, 6.07) is 8.91. The fourth-order valence-corrected chi connectivity index (χ4v) is 3.55. The molecule has 0 spiro atoms. The van der Waals surface area contributed by atoms with E-state index in [1.807, 2.05) is 0 Å². The number of benzene rings is 2. The molecule has 2 aromatic rings. The normalized spacial score (nSPS) is 16.0. The molecule has 3 rings (SSSR count). The lowest BCUT2D eigenvalue weighted by molar-refractivity contribution is -0.386. The van der Waals surface area contributed by atoms with Crippen LogP contribution in [0.4, 0.5) is 11.4 Å². The summed E-state index contributed by atoms with van der Waals surface area (Å²) in [5.74, 6) is -0.368. The van der Waals surface area contributed by atoms with Crippen LogP contribution >= 0.6 is 0 Å². The second-order valence-corrected chi connectivity index (χ2v) is 7.88. The zero-order valence-corrected chi connectivity index (χ0v) is 16.5. The second kappa shape index (κ2) is 7.56. The van der Waals surface area contributed by atoms with Gasteiger partial charge in [-0.15, -0.1) is 4.83 Å². The number of carbonyl (C=O) groups excluding carboxylic acids is 1. The molecule has 0 aliphatic carbocycles. The van der Waals surface area contributed by atoms with Crippen molar-refractivity contribution in [2.75, 3.05) is 25.8 Å². The molecule has 2 aromatic carbocycles. The Morgan fingerprint density at radius 2 is 1.79 bits per heavy atom. The summed E-state index contributed by atoms with van der Waals surface area (Å²) < 4.78 is 34.1. The Labute approximate surface area is 166 Å². The van der Waals surface area contributed by atoms with Gasteiger partial charge >= 0.3 is 0 Å². The summed E-state index contributed by atoms with van der Waals surface area (Å²) in [6.45, 7) is 0. The third-order valence-corrected chi connectivity index (χ3v) is 4.74. The molecule has 2 N–H and O–H groups in total. The van der Waals surface area contributed by atoms with Crippen molar-refractivity contribution >= 4 is 27.3 Å². The zero-order valence-electron chi connectivity index (χ0n) is 15.7. The van der Waals surface area contributed by atoms with Crippen molar-refractivity contribution in [1.29, 1.82) is 0 Å². The minimum Gasteiger partial charge on any atom is -0.493 e. The number of anilines is 1. The summed E-state index contributed by atoms with van der Waals surface area (Å²) >= 11 is 0. The van der Waals surface area contributed by atoms with E-state index >= 15 is 0 Å². The SMILES string of the molecule is COc1cc([C@@H]2Nc3ccccc3C(=O)N2NS(C)(=O)=O)c([N+](=O)[O-])cc1OC. The molecule has 0 radical (unpaired) electrons. The van der Waals surface area contributed by atoms with Crippen LogP contribution in [-0.2, 0) is 10.0 Å². The number of hydrazine groups is 1. The number of nitrogens with one attached hydrogen (secondary N) is 2. The minimum atomic E-state index is -3.87. The van der Waals surface area contributed by atoms with Gasteiger partial charge in [-0.1, -0.05) is 12.1 Å². The predicted octanol–water partition coefficient (Wildman–Crippen LogP) is 1.64. The van der Waals surface area contributed by atoms with Crippen molar-refractivity contribution in [3.05, 3.63) is 57.6 Å². The molecular formula is C17H18N4O7S. The van der Waals surface area contributed by atoms with Gasteiger partial charge in [0, 0.05) is 5.69 Å². The first-order valence-electron chi connectivity index (χ1n) is 8.23. The lowest BCUT2D eigenvalue weighted by atomic mass is 10.0. The number of sulfonamides is 1. The average molecular weight is 422 g/mol. The van der Waals surface area contributed by atoms with Crippen LogP contribution in [0.5, 0.6) is 11.5 Å². The highest BCUT2D eigenvalue weighted by Crippen LogP contribution is 2.41. The Morgan fingerprint density at radius 3 is 2.38 bits per heavy atom. The van der Waals surface area contributed by atoms with E-state index in [1.54, 1.807) is 18.2 Å². The standard InChI is InChI=1S/C17H18N4O7S/c1-27-14-8-11(13(21(23)24)9-15(14)28-2)16-18-12-7-5-4-6-10(12)17(22)20(16)19-29(3,25)26/h4-9,16,18-19H,1-3H3/t16-/m1/s1. The van der Waals surface area contributed by atoms with Gasteiger partial charge in [0.15, 0.2) is 17.7 Å². The van der Waals surface area contributed by atoms with Gasteiger partial charge in [0.1, 0.15) is 0 Å². The highest BCUT2D eigenvalue weighted by molar-refractivity contribution is 7.88. The number of nitrogens with zero attached hydrogens (tertiary/aromatic N) is 2. The number of rotatable bonds is 6. The van der Waals surface area contributed by atoms with E-state index in [0.717, 1.165) is 17.3 Å². The highest BCUT2D eigenvalue weighted by Gasteiger charge is 2.38. The molecule has 1 heterocycles. The first-order chi connectivity index (χ1) is 13.7. The number of nitro benzene ring substituents is 1. The van der Waals surface area contributed by atoms with Gasteiger partial charge in [-0.25, -0.2) is 13.4 Å². The molecule has 0 bridgehead atoms. The number of para-hydroxylation sites is 1. The zero-order chi connectivity index (χ0) is 21.3. The lowest BCUT2D eigenvalue weighted by Crippen LogP contribution is -2.52. The molecule has 0 saturated heterocycles. The Balaban J connectivity index is 2.23. The molecule has 0 unspecified atom stereocenters. The average Bonchev–Trinajstić information content (AvgIpc) is 2.68. The Hall–Kier alpha value is -3.38. The van der Waals surface area contributed by atoms with Crippen molar-refractivity contribution in [2.24, 2.45) is 0 Å². The van der Waals surface area contributed by atoms with Gasteiger partial charge in [0.05, 0.1) is 42.6 Å². The molecule has 0 aromatic heterocycles. The molecule has 1 aliphatic heterocycles. The van der Waals surface area contributed by atoms with E-state index in [0.29, 0.717) is 5.69 Å². The van der Waals surface area contributed by atoms with Crippen molar-refractivity contribution in [2.45, 2.75) is 6.17 Å². The van der Waals surface area contributed by atoms with Gasteiger partial charge in [0.2, 0.25) is 10.0 Å². The van der Waals surface area contributed by atoms with Gasteiger partial charge in [0.25, 0.3) is 11.6 Å². The first kappa shape index (κ1) is 20.4. The van der Waals surface area contributed by atoms with Crippen LogP contribution in [0.25, 0.3) is 0 Å². The maximum atomic E-state index is 13.0. The summed E-state index contributed by atoms with van der Waals surface area (Å²) in [7, 11) is -1.19. The fourth-order valence-electron chi connectivity index (χ4n) is 3.01. The molecule has 11 nitrogen and oxygen atoms in total. The highest BCUT2D eigenvalue weighted by atomic mass is 32.2. The van der Waals surface area contributed by atoms with E-state index in [1.165, 1.54) is 26.4 Å². The number of hydrogen-bond donors (Lipinski definition) is 2. The lowest BCUT2D eigenvalue weighted by Gasteiger charge is -2.37. The first-order valence-corrected chi connectivity index (χ1v) is 10.1. The summed E-state index contributed by atoms with van der Waals surface area (Å²) in [4.78, 5) is 26.1. The quantitative estimate of drug-likeness (QED) is 0.529. The van der Waals surface area contributed by atoms with Crippen LogP contribution in [0.2, 0.25) is 0 Å². The molecule has 0 fully saturated rings. The number of amides is 1. The van der Waals surface area contributed by atoms with E-state index in [4.69, 9.17) is 9.47 Å². The fraction of sp³-hybridized carbons (Fsp3) is 0.235. The smallest absolute Gasteiger partial charge is 0.280 e. The molecule has 12 heteroatoms. The van der Waals surface area contributed by atoms with E-state index < -0.39 is 27.0 Å². The third-order valence-electron chi connectivity index (χ3n) is 4.22. The van der Waals surface area contributed by atoms with Crippen LogP contribution in [0.1, 0.15) is 22.1 Å². The van der Waals surface area contributed by atoms with Crippen molar-refractivity contribution in [3.63, 3.8) is 0 Å². The Bertz CT molecular complexity index is 1090. The van der Waals surface area contributed by atoms with Crippen molar-refractivity contribution < 1.29 is 27.6 Å². The molecule has 1 amide bonds. The Kier molecular flexibility index (Phi) is 5.31. The van der Waals surface area contributed by atoms with E-state index in [2.05, 4.69) is 10.1 Å². The van der Waals surface area contributed by atoms with Crippen LogP contribution in [0, 0.1) is 10.1 Å². The van der Waals surface area contributed by atoms with Crippen LogP contribution in [0.15, 0.2) is 36.4 Å². The maximum absolute atomic E-state index is 13.0. The molecule has 0 saturated carbocycles. The third kappa shape index (κ3) is 3.93. The van der Waals surface area contributed by atoms with Crippen molar-refractivity contribution in [3.8, 4) is 11.5 Å². The molecule has 29 heavy (non-hydrogen) atoms. The number of carbonyl (C=O) groups is 1. The van der Waals surface area contributed by atoms with Gasteiger partial charge in [-0.3, -0.25) is 14.9 Å². The van der Waals surface area contributed by atoms with E-state index in [9.17, 15) is 23.3 Å². The number of hydrogen-bond acceptors (Lipinski definition) is 8. The van der Waals surface area contributed by atoms with E-state index in [-0.39, 0.29) is 28.3 Å². The molecule has 1 atom stereocenters. The van der Waals surface area contributed by atoms with Gasteiger partial charge in [-0.2, -0.15) is 0 Å². The number of methoxy groups -OCH3 is 2. The number of fused-ring (bicyclic) bond motifs is 1. The van der Waals surface area contributed by atoms with Crippen LogP contribution in [-0.4, -0.2) is 44.7 Å². The summed E-state index contributed by atoms with van der Waals surface area (Å²) in [5.41, 5.74) is 0.237. The number of nitro groups is 1. The summed E-state index contributed by atoms with van der Waals surface area (Å²) in [5, 5.41) is 15.5. The summed E-state index contributed by atoms with van der Waals surface area (Å²) in [6.07, 6.45) is -0.340. The van der Waals surface area contributed by atoms with Gasteiger partial charge in [-0.05, 0) is 18.2 Å². The topological polar surface area (TPSA) is 140 Å².